The van der Waals surface area contributed by atoms with Crippen molar-refractivity contribution in [3.63, 3.8) is 0 Å². The number of rotatable bonds is 15. The first-order valence-corrected chi connectivity index (χ1v) is 16.2. The molecule has 40 heavy (non-hydrogen) atoms. The minimum Gasteiger partial charge on any atom is -0.480 e. The zero-order valence-electron chi connectivity index (χ0n) is 22.3. The Morgan fingerprint density at radius 3 is 1.45 bits per heavy atom. The van der Waals surface area contributed by atoms with Gasteiger partial charge in [-0.05, 0) is 0 Å². The van der Waals surface area contributed by atoms with Crippen LogP contribution in [0.25, 0.3) is 0 Å². The second-order valence-corrected chi connectivity index (χ2v) is 13.1. The van der Waals surface area contributed by atoms with Gasteiger partial charge in [-0.1, -0.05) is 0 Å². The van der Waals surface area contributed by atoms with Crippen LogP contribution >= 0.6 is 15.2 Å². The van der Waals surface area contributed by atoms with E-state index in [1.54, 1.807) is 14.7 Å². The lowest BCUT2D eigenvalue weighted by molar-refractivity contribution is -0.139. The number of carbonyl (C=O) groups is 2. The molecule has 0 amide bonds. The summed E-state index contributed by atoms with van der Waals surface area (Å²) in [5, 5.41) is 48.2. The van der Waals surface area contributed by atoms with E-state index >= 15 is 0 Å². The summed E-state index contributed by atoms with van der Waals surface area (Å²) in [6.07, 6.45) is -3.79. The molecule has 0 bridgehead atoms. The monoisotopic (exact) mass is 623 g/mol. The summed E-state index contributed by atoms with van der Waals surface area (Å²) >= 11 is 0. The van der Waals surface area contributed by atoms with Crippen molar-refractivity contribution in [2.75, 3.05) is 104 Å². The Balaban J connectivity index is 3.05. The first-order chi connectivity index (χ1) is 18.5. The normalized spacial score (nSPS) is 20.1. The fourth-order valence-electron chi connectivity index (χ4n) is 4.32. The van der Waals surface area contributed by atoms with E-state index in [1.807, 2.05) is 0 Å². The Labute approximate surface area is 232 Å². The van der Waals surface area contributed by atoms with Gasteiger partial charge >= 0.3 is 27.1 Å². The molecule has 1 saturated heterocycles. The number of hydrogen-bond acceptors (Lipinski definition) is 12. The summed E-state index contributed by atoms with van der Waals surface area (Å²) in [5.74, 6) is -2.22. The Kier molecular flexibility index (Phi) is 16.4. The summed E-state index contributed by atoms with van der Waals surface area (Å²) in [4.78, 5) is 67.9. The highest BCUT2D eigenvalue weighted by atomic mass is 31.2. The highest BCUT2D eigenvalue weighted by molar-refractivity contribution is 7.51. The van der Waals surface area contributed by atoms with E-state index in [2.05, 4.69) is 0 Å². The fourth-order valence-corrected chi connectivity index (χ4v) is 5.88. The third-order valence-corrected chi connectivity index (χ3v) is 7.57. The van der Waals surface area contributed by atoms with E-state index in [9.17, 15) is 58.7 Å². The van der Waals surface area contributed by atoms with Crippen LogP contribution in [0.3, 0.4) is 0 Å². The van der Waals surface area contributed by atoms with Crippen LogP contribution < -0.4 is 0 Å². The molecule has 0 aromatic carbocycles. The van der Waals surface area contributed by atoms with Gasteiger partial charge in [0.25, 0.3) is 0 Å². The number of aliphatic hydroxyl groups excluding tert-OH is 3. The number of β-amino-alcohol motifs (C(OH)–C–C–N with tert-alkyl or cyclic N) is 1. The van der Waals surface area contributed by atoms with Crippen LogP contribution in [0.1, 0.15) is 0 Å². The summed E-state index contributed by atoms with van der Waals surface area (Å²) in [6, 6.07) is 0. The summed E-state index contributed by atoms with van der Waals surface area (Å²) < 4.78 is 23.1. The van der Waals surface area contributed by atoms with Crippen LogP contribution in [0, 0.1) is 0 Å². The molecule has 0 saturated carbocycles. The van der Waals surface area contributed by atoms with Crippen LogP contribution in [0.15, 0.2) is 0 Å². The first kappa shape index (κ1) is 36.9. The molecule has 1 aliphatic heterocycles. The predicted octanol–water partition coefficient (Wildman–Crippen LogP) is -4.34. The number of aliphatic carboxylic acids is 2. The highest BCUT2D eigenvalue weighted by Crippen LogP contribution is 2.35. The van der Waals surface area contributed by atoms with Crippen molar-refractivity contribution in [3.05, 3.63) is 0 Å². The van der Waals surface area contributed by atoms with E-state index in [4.69, 9.17) is 5.11 Å². The largest absolute Gasteiger partial charge is 0.480 e. The molecule has 0 aliphatic carbocycles. The van der Waals surface area contributed by atoms with Gasteiger partial charge in [-0.2, -0.15) is 0 Å². The zero-order chi connectivity index (χ0) is 30.5. The molecule has 20 heteroatoms. The molecule has 236 valence electrons. The molecule has 0 aromatic heterocycles. The van der Waals surface area contributed by atoms with E-state index < -0.39 is 58.5 Å². The minimum absolute atomic E-state index is 0.0287. The topological polar surface area (TPSA) is 267 Å². The fraction of sp³-hybridized carbons (Fsp3) is 0.900. The molecule has 1 rings (SSSR count). The van der Waals surface area contributed by atoms with Crippen LogP contribution in [0.5, 0.6) is 0 Å². The minimum atomic E-state index is -4.55. The Morgan fingerprint density at radius 1 is 0.675 bits per heavy atom. The average molecular weight is 624 g/mol. The quantitative estimate of drug-likeness (QED) is 0.0780. The standard InChI is InChI=1S/C20H43N5O13P2/c26-14-18(28)11-25(16-40(36,37)38)10-17(27)9-21-1-3-22(12-19(29)30)5-7-24(15-39(33,34)35)8-6-23(4-2-21)13-20(31)32/h17-18,26-28H,1-16H2,(H,29,30)(H,31,32)(H2,33,34,35)(H2,36,37,38). The van der Waals surface area contributed by atoms with Crippen LogP contribution in [-0.4, -0.2) is 198 Å². The summed E-state index contributed by atoms with van der Waals surface area (Å²) in [6.45, 7) is -0.565. The van der Waals surface area contributed by atoms with E-state index in [1.165, 1.54) is 4.90 Å². The average Bonchev–Trinajstić information content (AvgIpc) is 2.77. The van der Waals surface area contributed by atoms with Crippen molar-refractivity contribution in [1.29, 1.82) is 0 Å². The molecule has 0 radical (unpaired) electrons. The van der Waals surface area contributed by atoms with Crippen molar-refractivity contribution in [2.45, 2.75) is 12.2 Å². The second kappa shape index (κ2) is 17.8. The van der Waals surface area contributed by atoms with Gasteiger partial charge in [0.2, 0.25) is 0 Å². The number of nitrogens with zero attached hydrogens (tertiary/aromatic N) is 5. The molecule has 1 heterocycles. The van der Waals surface area contributed by atoms with Crippen molar-refractivity contribution in [1.82, 2.24) is 24.5 Å². The van der Waals surface area contributed by atoms with Gasteiger partial charge in [-0.25, -0.2) is 0 Å². The Morgan fingerprint density at radius 2 is 1.07 bits per heavy atom. The molecule has 2 unspecified atom stereocenters. The predicted molar refractivity (Wildman–Crippen MR) is 141 cm³/mol. The van der Waals surface area contributed by atoms with Crippen LogP contribution in [0.2, 0.25) is 0 Å². The molecule has 9 N–H and O–H groups in total. The van der Waals surface area contributed by atoms with Gasteiger partial charge in [-0.3, -0.25) is 43.2 Å². The molecule has 2 atom stereocenters. The maximum atomic E-state index is 11.6. The smallest absolute Gasteiger partial charge is 0.339 e. The van der Waals surface area contributed by atoms with E-state index in [0.717, 1.165) is 4.90 Å². The molecular formula is C20H43N5O13P2. The highest BCUT2D eigenvalue weighted by Gasteiger charge is 2.26. The van der Waals surface area contributed by atoms with Gasteiger partial charge in [0.1, 0.15) is 12.6 Å². The van der Waals surface area contributed by atoms with E-state index in [-0.39, 0.29) is 85.1 Å². The Bertz CT molecular complexity index is 844. The van der Waals surface area contributed by atoms with Gasteiger partial charge < -0.3 is 45.1 Å². The summed E-state index contributed by atoms with van der Waals surface area (Å²) in [7, 11) is -8.98. The molecule has 1 aliphatic rings. The number of hydrogen-bond donors (Lipinski definition) is 9. The van der Waals surface area contributed by atoms with Crippen molar-refractivity contribution in [3.8, 4) is 0 Å². The van der Waals surface area contributed by atoms with Crippen molar-refractivity contribution in [2.24, 2.45) is 0 Å². The first-order valence-electron chi connectivity index (χ1n) is 12.6. The van der Waals surface area contributed by atoms with Gasteiger partial charge in [0, 0.05) is 72.0 Å². The maximum Gasteiger partial charge on any atom is 0.339 e. The van der Waals surface area contributed by atoms with Gasteiger partial charge in [-0.15, -0.1) is 0 Å². The molecule has 0 spiro atoms. The lowest BCUT2D eigenvalue weighted by atomic mass is 10.2. The molecule has 18 nitrogen and oxygen atoms in total. The van der Waals surface area contributed by atoms with Gasteiger partial charge in [0.05, 0.1) is 31.9 Å². The van der Waals surface area contributed by atoms with Crippen LogP contribution in [-0.2, 0) is 18.7 Å². The van der Waals surface area contributed by atoms with E-state index in [0.29, 0.717) is 0 Å². The third-order valence-electron chi connectivity index (χ3n) is 6.03. The van der Waals surface area contributed by atoms with Crippen molar-refractivity contribution >= 4 is 27.1 Å². The summed E-state index contributed by atoms with van der Waals surface area (Å²) in [5.41, 5.74) is 0. The lowest BCUT2D eigenvalue weighted by Crippen LogP contribution is -2.50. The number of carboxylic acids is 2. The second-order valence-electron chi connectivity index (χ2n) is 9.90. The lowest BCUT2D eigenvalue weighted by Gasteiger charge is -2.34. The number of carboxylic acid groups (broad SMARTS) is 2. The van der Waals surface area contributed by atoms with Crippen LogP contribution in [0.4, 0.5) is 0 Å². The molecule has 0 aromatic rings. The zero-order valence-corrected chi connectivity index (χ0v) is 24.0. The molecule has 1 fully saturated rings. The molecular weight excluding hydrogens is 580 g/mol. The SMILES string of the molecule is O=C(O)CN1CCN(CC(O)CN(CC(O)CO)CP(=O)(O)O)CCN(CC(=O)O)CCN(CP(=O)(O)O)CC1. The van der Waals surface area contributed by atoms with Crippen molar-refractivity contribution < 1.29 is 63.8 Å². The third kappa shape index (κ3) is 18.4. The number of aliphatic hydroxyl groups is 3. The van der Waals surface area contributed by atoms with Gasteiger partial charge in [0.15, 0.2) is 0 Å². The Hall–Kier alpha value is -1.08. The maximum absolute atomic E-state index is 11.6.